The van der Waals surface area contributed by atoms with Crippen LogP contribution in [0, 0.1) is 5.41 Å². The summed E-state index contributed by atoms with van der Waals surface area (Å²) in [7, 11) is 3.00. The van der Waals surface area contributed by atoms with Crippen molar-refractivity contribution in [2.45, 2.75) is 0 Å². The Kier molecular flexibility index (Phi) is 6.85. The number of nitrogens with zero attached hydrogens (tertiary/aromatic N) is 3. The highest BCUT2D eigenvalue weighted by Gasteiger charge is 2.32. The lowest BCUT2D eigenvalue weighted by Gasteiger charge is -2.20. The maximum atomic E-state index is 12.4. The van der Waals surface area contributed by atoms with Gasteiger partial charge in [-0.15, -0.1) is 0 Å². The van der Waals surface area contributed by atoms with E-state index in [1.54, 1.807) is 30.3 Å². The smallest absolute Gasteiger partial charge is 0.283 e. The number of aliphatic imine (C=N–C) groups is 1. The molecule has 9 nitrogen and oxygen atoms in total. The van der Waals surface area contributed by atoms with Crippen LogP contribution in [0.5, 0.6) is 23.0 Å². The number of nitrogens with one attached hydrogen (secondary N) is 1. The molecule has 4 rings (SSSR count). The molecule has 2 heterocycles. The third-order valence-electron chi connectivity index (χ3n) is 4.61. The zero-order chi connectivity index (χ0) is 23.4. The minimum atomic E-state index is -0.515. The molecule has 0 aromatic heterocycles. The number of carbonyl (C=O) groups excluding carboxylic acids is 1. The van der Waals surface area contributed by atoms with Crippen LogP contribution in [0.25, 0.3) is 6.08 Å². The predicted octanol–water partition coefficient (Wildman–Crippen LogP) is 4.06. The zero-order valence-electron chi connectivity index (χ0n) is 17.7. The van der Waals surface area contributed by atoms with Gasteiger partial charge < -0.3 is 18.9 Å². The number of rotatable bonds is 8. The Balaban J connectivity index is 1.53. The Hall–Kier alpha value is -3.50. The number of hydrogen-bond acceptors (Lipinski definition) is 8. The fourth-order valence-electron chi connectivity index (χ4n) is 3.09. The Morgan fingerprint density at radius 1 is 1.09 bits per heavy atom. The first-order chi connectivity index (χ1) is 16.0. The molecule has 2 aliphatic rings. The third kappa shape index (κ3) is 4.81. The van der Waals surface area contributed by atoms with E-state index in [9.17, 15) is 4.79 Å². The van der Waals surface area contributed by atoms with Crippen molar-refractivity contribution in [3.63, 3.8) is 0 Å². The molecule has 0 aliphatic carbocycles. The number of thioether (sulfide) groups is 1. The van der Waals surface area contributed by atoms with Crippen molar-refractivity contribution >= 4 is 51.9 Å². The van der Waals surface area contributed by atoms with Gasteiger partial charge in [0.1, 0.15) is 19.0 Å². The van der Waals surface area contributed by atoms with Crippen molar-refractivity contribution < 1.29 is 23.7 Å². The standard InChI is InChI=1S/C22H19ClN4O5S/c1-29-17-10-13(9-14-20(24)27-22(26-21(14)28)33-12-25-27)11-18(30-2)19(17)32-8-7-31-16-6-4-3-5-15(16)23/h3-6,9-12,24H,7-8H2,1-2H3. The summed E-state index contributed by atoms with van der Waals surface area (Å²) in [4.78, 5) is 16.4. The van der Waals surface area contributed by atoms with E-state index >= 15 is 0 Å². The predicted molar refractivity (Wildman–Crippen MR) is 128 cm³/mol. The summed E-state index contributed by atoms with van der Waals surface area (Å²) in [5, 5.41) is 14.5. The van der Waals surface area contributed by atoms with Crippen LogP contribution < -0.4 is 18.9 Å². The van der Waals surface area contributed by atoms with Gasteiger partial charge in [0.05, 0.1) is 30.4 Å². The number of fused-ring (bicyclic) bond motifs is 1. The maximum Gasteiger partial charge on any atom is 0.283 e. The SMILES string of the molecule is COc1cc(C=C2C(=N)N3N=CSC3=NC2=O)cc(OC)c1OCCOc1ccccc1Cl. The summed E-state index contributed by atoms with van der Waals surface area (Å²) in [6.07, 6.45) is 1.54. The molecule has 0 atom stereocenters. The summed E-state index contributed by atoms with van der Waals surface area (Å²) in [5.74, 6) is 1.17. The highest BCUT2D eigenvalue weighted by Crippen LogP contribution is 2.39. The van der Waals surface area contributed by atoms with Crippen molar-refractivity contribution in [3.8, 4) is 23.0 Å². The van der Waals surface area contributed by atoms with E-state index in [0.717, 1.165) is 0 Å². The molecule has 1 amide bonds. The summed E-state index contributed by atoms with van der Waals surface area (Å²) < 4.78 is 22.5. The third-order valence-corrected chi connectivity index (χ3v) is 5.60. The van der Waals surface area contributed by atoms with Crippen molar-refractivity contribution in [2.24, 2.45) is 10.1 Å². The summed E-state index contributed by atoms with van der Waals surface area (Å²) in [6.45, 7) is 0.464. The molecule has 0 radical (unpaired) electrons. The molecule has 1 N–H and O–H groups in total. The number of amides is 1. The van der Waals surface area contributed by atoms with Gasteiger partial charge in [0, 0.05) is 0 Å². The van der Waals surface area contributed by atoms with Crippen LogP contribution >= 0.6 is 23.4 Å². The van der Waals surface area contributed by atoms with Crippen molar-refractivity contribution in [1.29, 1.82) is 5.41 Å². The number of methoxy groups -OCH3 is 2. The molecule has 170 valence electrons. The van der Waals surface area contributed by atoms with Crippen LogP contribution in [0.3, 0.4) is 0 Å². The Bertz CT molecular complexity index is 1170. The van der Waals surface area contributed by atoms with Gasteiger partial charge in [-0.3, -0.25) is 10.2 Å². The molecule has 0 saturated heterocycles. The van der Waals surface area contributed by atoms with Gasteiger partial charge in [-0.05, 0) is 47.7 Å². The topological polar surface area (TPSA) is 106 Å². The van der Waals surface area contributed by atoms with Crippen LogP contribution in [0.2, 0.25) is 5.02 Å². The van der Waals surface area contributed by atoms with E-state index in [1.165, 1.54) is 36.5 Å². The van der Waals surface area contributed by atoms with E-state index < -0.39 is 5.91 Å². The number of hydrogen-bond donors (Lipinski definition) is 1. The molecule has 0 spiro atoms. The number of amidine groups is 2. The number of hydrazone groups is 1. The van der Waals surface area contributed by atoms with E-state index in [0.29, 0.717) is 38.8 Å². The lowest BCUT2D eigenvalue weighted by Crippen LogP contribution is -2.35. The van der Waals surface area contributed by atoms with Gasteiger partial charge in [0.2, 0.25) is 5.75 Å². The molecule has 11 heteroatoms. The molecule has 0 saturated carbocycles. The van der Waals surface area contributed by atoms with Crippen molar-refractivity contribution in [2.75, 3.05) is 27.4 Å². The molecule has 0 unspecified atom stereocenters. The van der Waals surface area contributed by atoms with Gasteiger partial charge in [-0.2, -0.15) is 15.1 Å². The first kappa shape index (κ1) is 22.7. The second-order valence-corrected chi connectivity index (χ2v) is 7.86. The quantitative estimate of drug-likeness (QED) is 0.443. The number of halogens is 1. The molecule has 2 aromatic rings. The summed E-state index contributed by atoms with van der Waals surface area (Å²) in [5.41, 5.74) is 2.20. The number of para-hydroxylation sites is 1. The zero-order valence-corrected chi connectivity index (χ0v) is 19.3. The van der Waals surface area contributed by atoms with Gasteiger partial charge in [-0.1, -0.05) is 23.7 Å². The second-order valence-electron chi connectivity index (χ2n) is 6.64. The first-order valence-electron chi connectivity index (χ1n) is 9.71. The average Bonchev–Trinajstić information content (AvgIpc) is 3.29. The normalized spacial score (nSPS) is 16.0. The molecule has 2 aliphatic heterocycles. The maximum absolute atomic E-state index is 12.4. The van der Waals surface area contributed by atoms with Crippen LogP contribution in [-0.4, -0.2) is 54.9 Å². The summed E-state index contributed by atoms with van der Waals surface area (Å²) >= 11 is 7.28. The van der Waals surface area contributed by atoms with E-state index in [4.69, 9.17) is 36.0 Å². The molecule has 33 heavy (non-hydrogen) atoms. The van der Waals surface area contributed by atoms with E-state index in [2.05, 4.69) is 10.1 Å². The summed E-state index contributed by atoms with van der Waals surface area (Å²) in [6, 6.07) is 10.5. The van der Waals surface area contributed by atoms with Crippen LogP contribution in [0.15, 0.2) is 52.1 Å². The average molecular weight is 487 g/mol. The highest BCUT2D eigenvalue weighted by molar-refractivity contribution is 8.25. The van der Waals surface area contributed by atoms with Crippen LogP contribution in [0.1, 0.15) is 5.56 Å². The Morgan fingerprint density at radius 3 is 2.48 bits per heavy atom. The van der Waals surface area contributed by atoms with Crippen molar-refractivity contribution in [1.82, 2.24) is 5.01 Å². The molecule has 0 bridgehead atoms. The molecular weight excluding hydrogens is 468 g/mol. The minimum Gasteiger partial charge on any atom is -0.493 e. The Labute approximate surface area is 199 Å². The number of benzene rings is 2. The second kappa shape index (κ2) is 9.97. The highest BCUT2D eigenvalue weighted by atomic mass is 35.5. The van der Waals surface area contributed by atoms with Crippen LogP contribution in [0.4, 0.5) is 0 Å². The van der Waals surface area contributed by atoms with Gasteiger partial charge >= 0.3 is 0 Å². The van der Waals surface area contributed by atoms with E-state index in [-0.39, 0.29) is 24.6 Å². The van der Waals surface area contributed by atoms with Gasteiger partial charge in [-0.25, -0.2) is 0 Å². The first-order valence-corrected chi connectivity index (χ1v) is 11.0. The number of carbonyl (C=O) groups is 1. The molecule has 2 aromatic carbocycles. The lowest BCUT2D eigenvalue weighted by atomic mass is 10.1. The number of ether oxygens (including phenoxy) is 4. The van der Waals surface area contributed by atoms with E-state index in [1.807, 2.05) is 12.1 Å². The lowest BCUT2D eigenvalue weighted by molar-refractivity contribution is -0.114. The minimum absolute atomic E-state index is 0.0544. The van der Waals surface area contributed by atoms with Gasteiger partial charge in [0.25, 0.3) is 5.91 Å². The molecule has 0 fully saturated rings. The van der Waals surface area contributed by atoms with Crippen molar-refractivity contribution in [3.05, 3.63) is 52.6 Å². The fourth-order valence-corrected chi connectivity index (χ4v) is 3.89. The largest absolute Gasteiger partial charge is 0.493 e. The van der Waals surface area contributed by atoms with Gasteiger partial charge in [0.15, 0.2) is 22.5 Å². The monoisotopic (exact) mass is 486 g/mol. The van der Waals surface area contributed by atoms with Crippen LogP contribution in [-0.2, 0) is 4.79 Å². The Morgan fingerprint density at radius 2 is 1.79 bits per heavy atom. The fraction of sp³-hybridized carbons (Fsp3) is 0.182. The molecular formula is C22H19ClN4O5S.